The Morgan fingerprint density at radius 2 is 2.17 bits per heavy atom. The average Bonchev–Trinajstić information content (AvgIpc) is 2.93. The van der Waals surface area contributed by atoms with Crippen LogP contribution in [0.2, 0.25) is 0 Å². The van der Waals surface area contributed by atoms with Gasteiger partial charge in [0.1, 0.15) is 23.1 Å². The standard InChI is InChI=1S/C17H18N6O/c1-11-6-13(7-18)19-8-15(11)23(9-12(2)24)16-5-4-14-17(21-16)22(3)10-20-14/h4-6,8,10,12,24H,9H2,1-3H3. The van der Waals surface area contributed by atoms with Crippen LogP contribution in [0, 0.1) is 18.3 Å². The van der Waals surface area contributed by atoms with E-state index in [0.29, 0.717) is 18.1 Å². The quantitative estimate of drug-likeness (QED) is 0.790. The molecule has 122 valence electrons. The summed E-state index contributed by atoms with van der Waals surface area (Å²) in [7, 11) is 1.89. The number of hydrogen-bond acceptors (Lipinski definition) is 6. The number of aryl methyl sites for hydroxylation is 2. The number of pyridine rings is 2. The number of fused-ring (bicyclic) bond motifs is 1. The SMILES string of the molecule is Cc1cc(C#N)ncc1N(CC(C)O)c1ccc2ncn(C)c2n1. The van der Waals surface area contributed by atoms with Crippen molar-refractivity contribution in [1.29, 1.82) is 5.26 Å². The number of nitriles is 1. The van der Waals surface area contributed by atoms with Crippen LogP contribution < -0.4 is 4.90 Å². The maximum absolute atomic E-state index is 9.91. The van der Waals surface area contributed by atoms with Crippen molar-refractivity contribution < 1.29 is 5.11 Å². The van der Waals surface area contributed by atoms with Gasteiger partial charge in [-0.15, -0.1) is 0 Å². The third-order valence-corrected chi connectivity index (χ3v) is 3.76. The third-order valence-electron chi connectivity index (χ3n) is 3.76. The second-order valence-electron chi connectivity index (χ2n) is 5.80. The highest BCUT2D eigenvalue weighted by molar-refractivity contribution is 5.75. The zero-order valence-corrected chi connectivity index (χ0v) is 13.8. The van der Waals surface area contributed by atoms with Gasteiger partial charge in [-0.05, 0) is 37.6 Å². The lowest BCUT2D eigenvalue weighted by Gasteiger charge is -2.26. The van der Waals surface area contributed by atoms with E-state index >= 15 is 0 Å². The average molecular weight is 322 g/mol. The van der Waals surface area contributed by atoms with E-state index < -0.39 is 6.10 Å². The summed E-state index contributed by atoms with van der Waals surface area (Å²) in [5.41, 5.74) is 3.65. The topological polar surface area (TPSA) is 90.9 Å². The molecule has 3 heterocycles. The molecule has 0 saturated heterocycles. The summed E-state index contributed by atoms with van der Waals surface area (Å²) in [4.78, 5) is 15.0. The summed E-state index contributed by atoms with van der Waals surface area (Å²) >= 11 is 0. The molecule has 1 N–H and O–H groups in total. The van der Waals surface area contributed by atoms with Gasteiger partial charge in [0.15, 0.2) is 5.65 Å². The number of aliphatic hydroxyl groups excluding tert-OH is 1. The summed E-state index contributed by atoms with van der Waals surface area (Å²) < 4.78 is 1.85. The Bertz CT molecular complexity index is 924. The molecule has 0 bridgehead atoms. The van der Waals surface area contributed by atoms with Gasteiger partial charge >= 0.3 is 0 Å². The molecule has 3 aromatic rings. The summed E-state index contributed by atoms with van der Waals surface area (Å²) in [6.45, 7) is 4.00. The molecule has 7 heteroatoms. The Labute approximate surface area is 139 Å². The number of aliphatic hydroxyl groups is 1. The molecule has 0 aliphatic heterocycles. The van der Waals surface area contributed by atoms with E-state index in [-0.39, 0.29) is 0 Å². The number of hydrogen-bond donors (Lipinski definition) is 1. The maximum Gasteiger partial charge on any atom is 0.161 e. The van der Waals surface area contributed by atoms with Gasteiger partial charge in [0.2, 0.25) is 0 Å². The van der Waals surface area contributed by atoms with E-state index in [1.54, 1.807) is 25.5 Å². The third kappa shape index (κ3) is 2.92. The zero-order chi connectivity index (χ0) is 17.3. The molecule has 0 aliphatic carbocycles. The van der Waals surface area contributed by atoms with E-state index in [9.17, 15) is 5.11 Å². The van der Waals surface area contributed by atoms with E-state index in [1.807, 2.05) is 41.6 Å². The highest BCUT2D eigenvalue weighted by Gasteiger charge is 2.17. The minimum atomic E-state index is -0.552. The largest absolute Gasteiger partial charge is 0.392 e. The number of imidazole rings is 1. The predicted octanol–water partition coefficient (Wildman–Crippen LogP) is 2.06. The minimum absolute atomic E-state index is 0.364. The molecule has 24 heavy (non-hydrogen) atoms. The molecule has 0 aromatic carbocycles. The van der Waals surface area contributed by atoms with Crippen molar-refractivity contribution in [2.24, 2.45) is 7.05 Å². The number of anilines is 2. The monoisotopic (exact) mass is 322 g/mol. The van der Waals surface area contributed by atoms with Crippen molar-refractivity contribution >= 4 is 22.7 Å². The molecule has 3 rings (SSSR count). The predicted molar refractivity (Wildman–Crippen MR) is 90.9 cm³/mol. The van der Waals surface area contributed by atoms with Gasteiger partial charge in [-0.1, -0.05) is 0 Å². The molecule has 0 aliphatic rings. The Hall–Kier alpha value is -2.98. The van der Waals surface area contributed by atoms with Crippen LogP contribution in [0.1, 0.15) is 18.2 Å². The van der Waals surface area contributed by atoms with E-state index in [1.165, 1.54) is 0 Å². The smallest absolute Gasteiger partial charge is 0.161 e. The fourth-order valence-corrected chi connectivity index (χ4v) is 2.62. The molecule has 1 atom stereocenters. The van der Waals surface area contributed by atoms with E-state index in [0.717, 1.165) is 22.4 Å². The number of rotatable bonds is 4. The molecular formula is C17H18N6O. The molecule has 0 spiro atoms. The first-order valence-electron chi connectivity index (χ1n) is 7.60. The lowest BCUT2D eigenvalue weighted by molar-refractivity contribution is 0.203. The van der Waals surface area contributed by atoms with Gasteiger partial charge in [-0.25, -0.2) is 15.0 Å². The van der Waals surface area contributed by atoms with Crippen LogP contribution in [0.3, 0.4) is 0 Å². The minimum Gasteiger partial charge on any atom is -0.392 e. The van der Waals surface area contributed by atoms with Crippen LogP contribution >= 0.6 is 0 Å². The Kier molecular flexibility index (Phi) is 4.15. The Morgan fingerprint density at radius 3 is 2.83 bits per heavy atom. The zero-order valence-electron chi connectivity index (χ0n) is 13.8. The molecule has 0 saturated carbocycles. The van der Waals surface area contributed by atoms with Crippen molar-refractivity contribution in [2.75, 3.05) is 11.4 Å². The summed E-state index contributed by atoms with van der Waals surface area (Å²) in [6, 6.07) is 7.54. The van der Waals surface area contributed by atoms with Crippen molar-refractivity contribution in [1.82, 2.24) is 19.5 Å². The van der Waals surface area contributed by atoms with Gasteiger partial charge in [0.25, 0.3) is 0 Å². The molecule has 0 radical (unpaired) electrons. The van der Waals surface area contributed by atoms with Crippen LogP contribution in [0.25, 0.3) is 11.2 Å². The van der Waals surface area contributed by atoms with Crippen LogP contribution in [-0.2, 0) is 7.05 Å². The Balaban J connectivity index is 2.11. The van der Waals surface area contributed by atoms with Crippen LogP contribution in [0.15, 0.2) is 30.7 Å². The summed E-state index contributed by atoms with van der Waals surface area (Å²) in [5.74, 6) is 0.696. The van der Waals surface area contributed by atoms with Gasteiger partial charge in [0, 0.05) is 7.05 Å². The lowest BCUT2D eigenvalue weighted by Crippen LogP contribution is -2.28. The first-order valence-corrected chi connectivity index (χ1v) is 7.60. The molecule has 0 fully saturated rings. The highest BCUT2D eigenvalue weighted by Crippen LogP contribution is 2.28. The molecule has 7 nitrogen and oxygen atoms in total. The van der Waals surface area contributed by atoms with Crippen LogP contribution in [0.4, 0.5) is 11.5 Å². The van der Waals surface area contributed by atoms with Gasteiger partial charge in [0.05, 0.1) is 30.9 Å². The Morgan fingerprint density at radius 1 is 1.38 bits per heavy atom. The first kappa shape index (κ1) is 15.9. The lowest BCUT2D eigenvalue weighted by atomic mass is 10.2. The first-order chi connectivity index (χ1) is 11.5. The number of aromatic nitrogens is 4. The van der Waals surface area contributed by atoms with Crippen molar-refractivity contribution in [2.45, 2.75) is 20.0 Å². The summed E-state index contributed by atoms with van der Waals surface area (Å²) in [5, 5.41) is 18.9. The normalized spacial score (nSPS) is 12.1. The summed E-state index contributed by atoms with van der Waals surface area (Å²) in [6.07, 6.45) is 2.81. The van der Waals surface area contributed by atoms with Crippen molar-refractivity contribution in [3.8, 4) is 6.07 Å². The van der Waals surface area contributed by atoms with E-state index in [2.05, 4.69) is 15.0 Å². The second kappa shape index (κ2) is 6.26. The highest BCUT2D eigenvalue weighted by atomic mass is 16.3. The fourth-order valence-electron chi connectivity index (χ4n) is 2.62. The maximum atomic E-state index is 9.91. The van der Waals surface area contributed by atoms with Gasteiger partial charge < -0.3 is 14.6 Å². The van der Waals surface area contributed by atoms with Gasteiger partial charge in [-0.3, -0.25) is 0 Å². The van der Waals surface area contributed by atoms with Crippen molar-refractivity contribution in [3.05, 3.63) is 42.0 Å². The molecule has 1 unspecified atom stereocenters. The fraction of sp³-hybridized carbons (Fsp3) is 0.294. The molecule has 3 aromatic heterocycles. The van der Waals surface area contributed by atoms with Crippen LogP contribution in [-0.4, -0.2) is 37.3 Å². The molecular weight excluding hydrogens is 304 g/mol. The second-order valence-corrected chi connectivity index (χ2v) is 5.80. The molecule has 0 amide bonds. The van der Waals surface area contributed by atoms with Crippen LogP contribution in [0.5, 0.6) is 0 Å². The number of nitrogens with zero attached hydrogens (tertiary/aromatic N) is 6. The van der Waals surface area contributed by atoms with Crippen molar-refractivity contribution in [3.63, 3.8) is 0 Å². The van der Waals surface area contributed by atoms with E-state index in [4.69, 9.17) is 5.26 Å². The van der Waals surface area contributed by atoms with Gasteiger partial charge in [-0.2, -0.15) is 5.26 Å².